The minimum Gasteiger partial charge on any atom is -0.482 e. The number of anilines is 4. The van der Waals surface area contributed by atoms with Gasteiger partial charge < -0.3 is 20.3 Å². The standard InChI is InChI=1S/C23H27F3N4O2/c1-14-8-18(29-10-15(2)30(16(3)11-29)13-23(24,25)26)5-7-19(14)27-17-4-6-20-21(9-17)32-12-22(31)28-20/h4-9,15-16,27H,10-13H2,1-3H3,(H,28,31). The summed E-state index contributed by atoms with van der Waals surface area (Å²) >= 11 is 0. The minimum absolute atomic E-state index is 0.00272. The average Bonchev–Trinajstić information content (AvgIpc) is 2.71. The highest BCUT2D eigenvalue weighted by Gasteiger charge is 2.38. The highest BCUT2D eigenvalue weighted by Crippen LogP contribution is 2.34. The lowest BCUT2D eigenvalue weighted by Crippen LogP contribution is -2.58. The molecule has 4 rings (SSSR count). The predicted octanol–water partition coefficient (Wildman–Crippen LogP) is 4.53. The van der Waals surface area contributed by atoms with Gasteiger partial charge in [0.05, 0.1) is 12.2 Å². The van der Waals surface area contributed by atoms with E-state index in [4.69, 9.17) is 4.74 Å². The fraction of sp³-hybridized carbons (Fsp3) is 0.435. The zero-order valence-electron chi connectivity index (χ0n) is 18.3. The number of ether oxygens (including phenoxy) is 1. The van der Waals surface area contributed by atoms with Gasteiger partial charge in [0.15, 0.2) is 6.61 Å². The van der Waals surface area contributed by atoms with Gasteiger partial charge in [-0.25, -0.2) is 0 Å². The maximum atomic E-state index is 12.9. The molecule has 2 aromatic rings. The summed E-state index contributed by atoms with van der Waals surface area (Å²) in [4.78, 5) is 15.1. The van der Waals surface area contributed by atoms with Crippen molar-refractivity contribution in [1.29, 1.82) is 0 Å². The number of aryl methyl sites for hydroxylation is 1. The Morgan fingerprint density at radius 1 is 1.12 bits per heavy atom. The summed E-state index contributed by atoms with van der Waals surface area (Å²) in [6.45, 7) is 5.89. The Morgan fingerprint density at radius 2 is 1.84 bits per heavy atom. The molecule has 32 heavy (non-hydrogen) atoms. The van der Waals surface area contributed by atoms with Crippen molar-refractivity contribution in [3.63, 3.8) is 0 Å². The van der Waals surface area contributed by atoms with Crippen molar-refractivity contribution < 1.29 is 22.7 Å². The van der Waals surface area contributed by atoms with Crippen LogP contribution in [0.5, 0.6) is 5.75 Å². The number of fused-ring (bicyclic) bond motifs is 1. The number of halogens is 3. The first kappa shape index (κ1) is 22.3. The number of hydrogen-bond acceptors (Lipinski definition) is 5. The highest BCUT2D eigenvalue weighted by molar-refractivity contribution is 5.95. The zero-order valence-corrected chi connectivity index (χ0v) is 18.3. The topological polar surface area (TPSA) is 56.8 Å². The van der Waals surface area contributed by atoms with Crippen molar-refractivity contribution in [3.8, 4) is 5.75 Å². The van der Waals surface area contributed by atoms with Crippen LogP contribution in [0.3, 0.4) is 0 Å². The molecule has 2 heterocycles. The monoisotopic (exact) mass is 448 g/mol. The van der Waals surface area contributed by atoms with E-state index in [2.05, 4.69) is 21.6 Å². The van der Waals surface area contributed by atoms with Gasteiger partial charge in [0.25, 0.3) is 5.91 Å². The van der Waals surface area contributed by atoms with Crippen molar-refractivity contribution >= 4 is 28.7 Å². The largest absolute Gasteiger partial charge is 0.482 e. The lowest BCUT2D eigenvalue weighted by atomic mass is 10.1. The molecule has 2 aliphatic heterocycles. The molecule has 6 nitrogen and oxygen atoms in total. The molecule has 0 bridgehead atoms. The highest BCUT2D eigenvalue weighted by atomic mass is 19.4. The smallest absolute Gasteiger partial charge is 0.401 e. The Morgan fingerprint density at radius 3 is 2.50 bits per heavy atom. The van der Waals surface area contributed by atoms with Gasteiger partial charge in [-0.1, -0.05) is 0 Å². The summed E-state index contributed by atoms with van der Waals surface area (Å²) in [5.41, 5.74) is 4.42. The van der Waals surface area contributed by atoms with Crippen LogP contribution in [-0.2, 0) is 4.79 Å². The summed E-state index contributed by atoms with van der Waals surface area (Å²) in [5.74, 6) is 0.441. The number of alkyl halides is 3. The van der Waals surface area contributed by atoms with Crippen LogP contribution in [0.25, 0.3) is 0 Å². The molecular formula is C23H27F3N4O2. The SMILES string of the molecule is Cc1cc(N2CC(C)N(CC(F)(F)F)C(C)C2)ccc1Nc1ccc2c(c1)OCC(=O)N2. The molecule has 2 unspecified atom stereocenters. The van der Waals surface area contributed by atoms with Crippen LogP contribution in [0.4, 0.5) is 35.9 Å². The molecule has 2 aromatic carbocycles. The van der Waals surface area contributed by atoms with Gasteiger partial charge in [-0.2, -0.15) is 13.2 Å². The normalized spacial score (nSPS) is 21.6. The number of piperazine rings is 1. The third-order valence-electron chi connectivity index (χ3n) is 5.93. The molecule has 0 aromatic heterocycles. The van der Waals surface area contributed by atoms with E-state index in [1.807, 2.05) is 45.0 Å². The number of hydrogen-bond donors (Lipinski definition) is 2. The molecular weight excluding hydrogens is 421 g/mol. The molecule has 1 amide bonds. The van der Waals surface area contributed by atoms with Crippen LogP contribution in [0.1, 0.15) is 19.4 Å². The van der Waals surface area contributed by atoms with E-state index in [0.717, 1.165) is 22.6 Å². The number of nitrogens with zero attached hydrogens (tertiary/aromatic N) is 2. The number of nitrogens with one attached hydrogen (secondary N) is 2. The second-order valence-corrected chi connectivity index (χ2v) is 8.56. The van der Waals surface area contributed by atoms with Crippen LogP contribution in [-0.4, -0.2) is 55.3 Å². The number of carbonyl (C=O) groups excluding carboxylic acids is 1. The molecule has 172 valence electrons. The third kappa shape index (κ3) is 4.93. The van der Waals surface area contributed by atoms with Gasteiger partial charge in [-0.3, -0.25) is 9.69 Å². The molecule has 0 saturated carbocycles. The number of carbonyl (C=O) groups is 1. The quantitative estimate of drug-likeness (QED) is 0.720. The van der Waals surface area contributed by atoms with E-state index in [1.165, 1.54) is 4.90 Å². The van der Waals surface area contributed by atoms with E-state index in [0.29, 0.717) is 24.5 Å². The van der Waals surface area contributed by atoms with E-state index < -0.39 is 12.7 Å². The van der Waals surface area contributed by atoms with Gasteiger partial charge in [0.1, 0.15) is 5.75 Å². The molecule has 0 aliphatic carbocycles. The third-order valence-corrected chi connectivity index (χ3v) is 5.93. The number of benzene rings is 2. The Hall–Kier alpha value is -2.94. The van der Waals surface area contributed by atoms with Crippen LogP contribution in [0.2, 0.25) is 0 Å². The summed E-state index contributed by atoms with van der Waals surface area (Å²) in [6.07, 6.45) is -4.19. The summed E-state index contributed by atoms with van der Waals surface area (Å²) in [7, 11) is 0. The second-order valence-electron chi connectivity index (χ2n) is 8.56. The van der Waals surface area contributed by atoms with Gasteiger partial charge >= 0.3 is 6.18 Å². The lowest BCUT2D eigenvalue weighted by molar-refractivity contribution is -0.156. The average molecular weight is 448 g/mol. The summed E-state index contributed by atoms with van der Waals surface area (Å²) in [5, 5.41) is 6.14. The summed E-state index contributed by atoms with van der Waals surface area (Å²) in [6, 6.07) is 11.1. The maximum Gasteiger partial charge on any atom is 0.401 e. The molecule has 2 atom stereocenters. The lowest BCUT2D eigenvalue weighted by Gasteiger charge is -2.45. The van der Waals surface area contributed by atoms with Crippen molar-refractivity contribution in [3.05, 3.63) is 42.0 Å². The van der Waals surface area contributed by atoms with Crippen molar-refractivity contribution in [2.24, 2.45) is 0 Å². The number of rotatable bonds is 4. The van der Waals surface area contributed by atoms with E-state index in [1.54, 1.807) is 6.07 Å². The minimum atomic E-state index is -4.19. The van der Waals surface area contributed by atoms with Gasteiger partial charge in [0, 0.05) is 48.3 Å². The molecule has 1 saturated heterocycles. The van der Waals surface area contributed by atoms with Crippen LogP contribution < -0.4 is 20.3 Å². The Kier molecular flexibility index (Phi) is 5.94. The predicted molar refractivity (Wildman–Crippen MR) is 119 cm³/mol. The van der Waals surface area contributed by atoms with Crippen LogP contribution >= 0.6 is 0 Å². The Labute approximate surface area is 185 Å². The second kappa shape index (κ2) is 8.54. The van der Waals surface area contributed by atoms with Crippen molar-refractivity contribution in [2.75, 3.05) is 41.8 Å². The zero-order chi connectivity index (χ0) is 23.0. The first-order chi connectivity index (χ1) is 15.1. The molecule has 1 fully saturated rings. The van der Waals surface area contributed by atoms with E-state index >= 15 is 0 Å². The summed E-state index contributed by atoms with van der Waals surface area (Å²) < 4.78 is 44.2. The fourth-order valence-electron chi connectivity index (χ4n) is 4.38. The van der Waals surface area contributed by atoms with Gasteiger partial charge in [-0.15, -0.1) is 0 Å². The molecule has 2 aliphatic rings. The fourth-order valence-corrected chi connectivity index (χ4v) is 4.38. The molecule has 0 spiro atoms. The Balaban J connectivity index is 1.45. The van der Waals surface area contributed by atoms with Crippen molar-refractivity contribution in [2.45, 2.75) is 39.0 Å². The molecule has 0 radical (unpaired) electrons. The van der Waals surface area contributed by atoms with Gasteiger partial charge in [0.2, 0.25) is 0 Å². The molecule has 9 heteroatoms. The van der Waals surface area contributed by atoms with Crippen LogP contribution in [0.15, 0.2) is 36.4 Å². The molecule has 2 N–H and O–H groups in total. The Bertz CT molecular complexity index is 999. The first-order valence-corrected chi connectivity index (χ1v) is 10.6. The maximum absolute atomic E-state index is 12.9. The van der Waals surface area contributed by atoms with Crippen molar-refractivity contribution in [1.82, 2.24) is 4.90 Å². The van der Waals surface area contributed by atoms with Gasteiger partial charge in [-0.05, 0) is 56.7 Å². The van der Waals surface area contributed by atoms with E-state index in [-0.39, 0.29) is 24.6 Å². The van der Waals surface area contributed by atoms with Crippen LogP contribution in [0, 0.1) is 6.92 Å². The van der Waals surface area contributed by atoms with E-state index in [9.17, 15) is 18.0 Å². The first-order valence-electron chi connectivity index (χ1n) is 10.6. The number of amides is 1.